The Morgan fingerprint density at radius 1 is 1.46 bits per heavy atom. The van der Waals surface area contributed by atoms with Gasteiger partial charge in [0.15, 0.2) is 0 Å². The van der Waals surface area contributed by atoms with Gasteiger partial charge < -0.3 is 0 Å². The van der Waals surface area contributed by atoms with E-state index >= 15 is 0 Å². The van der Waals surface area contributed by atoms with Gasteiger partial charge in [0.1, 0.15) is 0 Å². The number of halogens is 1. The summed E-state index contributed by atoms with van der Waals surface area (Å²) in [5.74, 6) is 0. The lowest BCUT2D eigenvalue weighted by Crippen LogP contribution is -2.17. The van der Waals surface area contributed by atoms with Gasteiger partial charge in [-0.3, -0.25) is 9.29 Å². The molecule has 0 aromatic carbocycles. The van der Waals surface area contributed by atoms with Crippen LogP contribution < -0.4 is 4.31 Å². The number of nitrogens with zero attached hydrogens (tertiary/aromatic N) is 2. The van der Waals surface area contributed by atoms with Crippen LogP contribution in [0, 0.1) is 0 Å². The van der Waals surface area contributed by atoms with E-state index < -0.39 is 10.9 Å². The molecule has 0 bridgehead atoms. The van der Waals surface area contributed by atoms with Crippen LogP contribution in [0.5, 0.6) is 0 Å². The van der Waals surface area contributed by atoms with Gasteiger partial charge in [0.25, 0.3) is 0 Å². The van der Waals surface area contributed by atoms with Gasteiger partial charge in [-0.25, -0.2) is 8.42 Å². The van der Waals surface area contributed by atoms with Gasteiger partial charge in [-0.1, -0.05) is 0 Å². The molecule has 0 aliphatic carbocycles. The number of anilines is 1. The van der Waals surface area contributed by atoms with Crippen LogP contribution in [0.25, 0.3) is 0 Å². The van der Waals surface area contributed by atoms with E-state index in [4.69, 9.17) is 0 Å². The Labute approximate surface area is 85.8 Å². The lowest BCUT2D eigenvalue weighted by molar-refractivity contribution is 0.611. The van der Waals surface area contributed by atoms with E-state index in [9.17, 15) is 8.42 Å². The molecule has 1 aliphatic heterocycles. The number of thiol groups is 1. The quantitative estimate of drug-likeness (QED) is 0.760. The van der Waals surface area contributed by atoms with Gasteiger partial charge in [0.05, 0.1) is 11.9 Å². The SMILES string of the molecule is O=[SH](=O)N1CCc2c(Br)cncc21. The largest absolute Gasteiger partial charge is 0.270 e. The third-order valence-electron chi connectivity index (χ3n) is 2.03. The second-order valence-corrected chi connectivity index (χ2v) is 4.54. The molecule has 0 radical (unpaired) electrons. The highest BCUT2D eigenvalue weighted by Crippen LogP contribution is 2.32. The number of rotatable bonds is 1. The number of hydrogen-bond acceptors (Lipinski definition) is 3. The summed E-state index contributed by atoms with van der Waals surface area (Å²) in [4.78, 5) is 3.93. The average molecular weight is 263 g/mol. The molecule has 0 amide bonds. The van der Waals surface area contributed by atoms with Crippen LogP contribution in [0.2, 0.25) is 0 Å². The minimum absolute atomic E-state index is 0.526. The predicted molar refractivity (Wildman–Crippen MR) is 53.3 cm³/mol. The van der Waals surface area contributed by atoms with Crippen molar-refractivity contribution < 1.29 is 8.42 Å². The van der Waals surface area contributed by atoms with Crippen LogP contribution in [0.15, 0.2) is 16.9 Å². The maximum absolute atomic E-state index is 10.8. The van der Waals surface area contributed by atoms with E-state index in [1.807, 2.05) is 0 Å². The smallest absolute Gasteiger partial charge is 0.225 e. The van der Waals surface area contributed by atoms with Crippen molar-refractivity contribution in [2.45, 2.75) is 6.42 Å². The molecule has 0 saturated heterocycles. The molecule has 0 N–H and O–H groups in total. The molecule has 6 heteroatoms. The molecular weight excluding hydrogens is 256 g/mol. The Bertz CT molecular complexity index is 411. The molecule has 2 rings (SSSR count). The molecule has 1 aromatic heterocycles. The van der Waals surface area contributed by atoms with Gasteiger partial charge in [-0.15, -0.1) is 0 Å². The molecule has 2 heterocycles. The molecule has 1 aliphatic rings. The van der Waals surface area contributed by atoms with E-state index in [-0.39, 0.29) is 0 Å². The number of hydrogen-bond donors (Lipinski definition) is 1. The normalized spacial score (nSPS) is 15.1. The second-order valence-electron chi connectivity index (χ2n) is 2.73. The Kier molecular flexibility index (Phi) is 2.25. The zero-order valence-electron chi connectivity index (χ0n) is 6.61. The Morgan fingerprint density at radius 2 is 2.23 bits per heavy atom. The molecule has 1 aromatic rings. The summed E-state index contributed by atoms with van der Waals surface area (Å²) in [5, 5.41) is 0. The molecule has 0 atom stereocenters. The molecule has 4 nitrogen and oxygen atoms in total. The standard InChI is InChI=1S/C7H7BrN2O2S/c8-6-3-9-4-7-5(6)1-2-10(7)13(11)12/h3-4,13H,1-2H2. The summed E-state index contributed by atoms with van der Waals surface area (Å²) in [6.07, 6.45) is 4.01. The number of fused-ring (bicyclic) bond motifs is 1. The molecule has 0 saturated carbocycles. The van der Waals surface area contributed by atoms with Crippen molar-refractivity contribution in [1.82, 2.24) is 4.98 Å². The van der Waals surface area contributed by atoms with E-state index in [1.165, 1.54) is 4.31 Å². The highest BCUT2D eigenvalue weighted by molar-refractivity contribution is 9.10. The summed E-state index contributed by atoms with van der Waals surface area (Å²) in [6, 6.07) is 0. The lowest BCUT2D eigenvalue weighted by atomic mass is 10.2. The predicted octanol–water partition coefficient (Wildman–Crippen LogP) is 0.733. The van der Waals surface area contributed by atoms with Gasteiger partial charge >= 0.3 is 0 Å². The minimum Gasteiger partial charge on any atom is -0.270 e. The van der Waals surface area contributed by atoms with Crippen molar-refractivity contribution in [2.75, 3.05) is 10.8 Å². The maximum Gasteiger partial charge on any atom is 0.225 e. The molecular formula is C7H7BrN2O2S. The first-order chi connectivity index (χ1) is 6.20. The lowest BCUT2D eigenvalue weighted by Gasteiger charge is -2.09. The summed E-state index contributed by atoms with van der Waals surface area (Å²) < 4.78 is 23.8. The van der Waals surface area contributed by atoms with E-state index in [1.54, 1.807) is 12.4 Å². The average Bonchev–Trinajstić information content (AvgIpc) is 2.48. The van der Waals surface area contributed by atoms with E-state index in [0.29, 0.717) is 12.2 Å². The number of pyridine rings is 1. The third-order valence-corrected chi connectivity index (χ3v) is 3.52. The fraction of sp³-hybridized carbons (Fsp3) is 0.286. The van der Waals surface area contributed by atoms with Crippen LogP contribution in [-0.4, -0.2) is 19.9 Å². The summed E-state index contributed by atoms with van der Waals surface area (Å²) >= 11 is 3.34. The maximum atomic E-state index is 10.8. The third kappa shape index (κ3) is 1.44. The Morgan fingerprint density at radius 3 is 2.92 bits per heavy atom. The van der Waals surface area contributed by atoms with Crippen molar-refractivity contribution in [3.05, 3.63) is 22.4 Å². The zero-order valence-corrected chi connectivity index (χ0v) is 9.09. The monoisotopic (exact) mass is 262 g/mol. The van der Waals surface area contributed by atoms with Crippen molar-refractivity contribution in [2.24, 2.45) is 0 Å². The highest BCUT2D eigenvalue weighted by atomic mass is 79.9. The van der Waals surface area contributed by atoms with Gasteiger partial charge in [0, 0.05) is 17.2 Å². The first kappa shape index (κ1) is 8.96. The molecule has 70 valence electrons. The van der Waals surface area contributed by atoms with Crippen LogP contribution in [0.1, 0.15) is 5.56 Å². The summed E-state index contributed by atoms with van der Waals surface area (Å²) in [7, 11) is -2.53. The first-order valence-electron chi connectivity index (χ1n) is 3.74. The zero-order chi connectivity index (χ0) is 9.42. The van der Waals surface area contributed by atoms with Crippen LogP contribution >= 0.6 is 15.9 Å². The first-order valence-corrected chi connectivity index (χ1v) is 5.66. The van der Waals surface area contributed by atoms with Crippen LogP contribution in [0.4, 0.5) is 5.69 Å². The molecule has 0 spiro atoms. The molecule has 13 heavy (non-hydrogen) atoms. The van der Waals surface area contributed by atoms with E-state index in [0.717, 1.165) is 16.5 Å². The fourth-order valence-electron chi connectivity index (χ4n) is 1.43. The van der Waals surface area contributed by atoms with Gasteiger partial charge in [-0.05, 0) is 27.9 Å². The Balaban J connectivity index is 2.55. The van der Waals surface area contributed by atoms with Crippen molar-refractivity contribution in [3.63, 3.8) is 0 Å². The summed E-state index contributed by atoms with van der Waals surface area (Å²) in [6.45, 7) is 0.526. The number of aromatic nitrogens is 1. The Hall–Kier alpha value is -0.620. The van der Waals surface area contributed by atoms with Crippen molar-refractivity contribution in [1.29, 1.82) is 0 Å². The van der Waals surface area contributed by atoms with Gasteiger partial charge in [0.2, 0.25) is 10.9 Å². The van der Waals surface area contributed by atoms with E-state index in [2.05, 4.69) is 20.9 Å². The molecule has 0 fully saturated rings. The van der Waals surface area contributed by atoms with Crippen molar-refractivity contribution in [3.8, 4) is 0 Å². The highest BCUT2D eigenvalue weighted by Gasteiger charge is 2.22. The van der Waals surface area contributed by atoms with Crippen LogP contribution in [0.3, 0.4) is 0 Å². The second kappa shape index (κ2) is 3.26. The fourth-order valence-corrected chi connectivity index (χ4v) is 2.56. The van der Waals surface area contributed by atoms with Crippen LogP contribution in [-0.2, 0) is 17.3 Å². The van der Waals surface area contributed by atoms with Crippen molar-refractivity contribution >= 4 is 32.5 Å². The summed E-state index contributed by atoms with van der Waals surface area (Å²) in [5.41, 5.74) is 1.72. The molecule has 0 unspecified atom stereocenters. The minimum atomic E-state index is -2.53. The van der Waals surface area contributed by atoms with Gasteiger partial charge in [-0.2, -0.15) is 0 Å². The topological polar surface area (TPSA) is 50.3 Å².